The summed E-state index contributed by atoms with van der Waals surface area (Å²) >= 11 is 0. The Morgan fingerprint density at radius 1 is 1.30 bits per heavy atom. The Balaban J connectivity index is 1.97. The molecule has 128 valence electrons. The molecule has 23 heavy (non-hydrogen) atoms. The van der Waals surface area contributed by atoms with Crippen LogP contribution in [0.25, 0.3) is 0 Å². The first-order chi connectivity index (χ1) is 10.9. The molecule has 1 unspecified atom stereocenters. The minimum Gasteiger partial charge on any atom is -0.394 e. The fourth-order valence-electron chi connectivity index (χ4n) is 2.82. The lowest BCUT2D eigenvalue weighted by Crippen LogP contribution is -2.46. The fraction of sp³-hybridized carbons (Fsp3) is 0.562. The summed E-state index contributed by atoms with van der Waals surface area (Å²) < 4.78 is 39.5. The van der Waals surface area contributed by atoms with Gasteiger partial charge in [-0.3, -0.25) is 0 Å². The van der Waals surface area contributed by atoms with Crippen LogP contribution in [-0.4, -0.2) is 24.3 Å². The largest absolute Gasteiger partial charge is 0.394 e. The molecule has 0 aromatic heterocycles. The van der Waals surface area contributed by atoms with Gasteiger partial charge < -0.3 is 15.7 Å². The number of carbonyl (C=O) groups excluding carboxylic acids is 1. The van der Waals surface area contributed by atoms with Gasteiger partial charge in [0.25, 0.3) is 0 Å². The van der Waals surface area contributed by atoms with Crippen LogP contribution in [0, 0.1) is 22.9 Å². The van der Waals surface area contributed by atoms with E-state index in [1.165, 1.54) is 0 Å². The van der Waals surface area contributed by atoms with Crippen LogP contribution in [0.1, 0.15) is 44.2 Å². The Bertz CT molecular complexity index is 548. The first kappa shape index (κ1) is 17.6. The van der Waals surface area contributed by atoms with E-state index in [-0.39, 0.29) is 11.0 Å². The lowest BCUT2D eigenvalue weighted by molar-refractivity contribution is 0.125. The number of aliphatic hydroxyl groups excluding tert-OH is 1. The van der Waals surface area contributed by atoms with E-state index < -0.39 is 36.1 Å². The molecule has 1 aliphatic carbocycles. The van der Waals surface area contributed by atoms with Crippen LogP contribution in [0.2, 0.25) is 0 Å². The lowest BCUT2D eigenvalue weighted by Gasteiger charge is -2.41. The molecule has 1 aliphatic rings. The number of carbonyl (C=O) groups is 1. The second-order valence-corrected chi connectivity index (χ2v) is 6.07. The van der Waals surface area contributed by atoms with Gasteiger partial charge in [0.15, 0.2) is 17.5 Å². The summed E-state index contributed by atoms with van der Waals surface area (Å²) in [7, 11) is 0. The van der Waals surface area contributed by atoms with E-state index in [1.54, 1.807) is 0 Å². The third kappa shape index (κ3) is 3.96. The number of amides is 2. The second-order valence-electron chi connectivity index (χ2n) is 6.07. The van der Waals surface area contributed by atoms with Crippen LogP contribution in [0.4, 0.5) is 18.0 Å². The number of benzene rings is 1. The maximum absolute atomic E-state index is 13.3. The van der Waals surface area contributed by atoms with E-state index in [0.717, 1.165) is 37.8 Å². The highest BCUT2D eigenvalue weighted by Gasteiger charge is 2.35. The molecule has 1 aromatic rings. The number of halogens is 3. The molecule has 0 bridgehead atoms. The average Bonchev–Trinajstić information content (AvgIpc) is 2.49. The molecule has 0 saturated heterocycles. The highest BCUT2D eigenvalue weighted by atomic mass is 19.2. The summed E-state index contributed by atoms with van der Waals surface area (Å²) in [6.45, 7) is 2.02. The van der Waals surface area contributed by atoms with Crippen molar-refractivity contribution in [2.75, 3.05) is 13.2 Å². The van der Waals surface area contributed by atoms with Gasteiger partial charge in [0, 0.05) is 6.54 Å². The molecule has 2 rings (SSSR count). The van der Waals surface area contributed by atoms with Crippen molar-refractivity contribution in [3.05, 3.63) is 35.1 Å². The molecule has 3 N–H and O–H groups in total. The quantitative estimate of drug-likeness (QED) is 0.702. The maximum atomic E-state index is 13.3. The van der Waals surface area contributed by atoms with Gasteiger partial charge in [0.1, 0.15) is 0 Å². The van der Waals surface area contributed by atoms with Gasteiger partial charge in [-0.15, -0.1) is 0 Å². The molecule has 0 aliphatic heterocycles. The van der Waals surface area contributed by atoms with E-state index in [2.05, 4.69) is 17.6 Å². The topological polar surface area (TPSA) is 61.4 Å². The highest BCUT2D eigenvalue weighted by Crippen LogP contribution is 2.43. The Hall–Kier alpha value is -1.76. The van der Waals surface area contributed by atoms with Gasteiger partial charge in [0.05, 0.1) is 12.6 Å². The first-order valence-electron chi connectivity index (χ1n) is 7.70. The molecule has 7 heteroatoms. The first-order valence-corrected chi connectivity index (χ1v) is 7.70. The number of hydrogen-bond donors (Lipinski definition) is 3. The number of rotatable bonds is 6. The molecule has 0 spiro atoms. The van der Waals surface area contributed by atoms with Crippen molar-refractivity contribution in [3.8, 4) is 0 Å². The van der Waals surface area contributed by atoms with Crippen LogP contribution in [-0.2, 0) is 0 Å². The van der Waals surface area contributed by atoms with Crippen molar-refractivity contribution in [1.29, 1.82) is 0 Å². The molecule has 1 fully saturated rings. The maximum Gasteiger partial charge on any atom is 0.315 e. The van der Waals surface area contributed by atoms with Gasteiger partial charge in [-0.25, -0.2) is 18.0 Å². The van der Waals surface area contributed by atoms with Crippen LogP contribution in [0.5, 0.6) is 0 Å². The normalized spacial score (nSPS) is 17.3. The highest BCUT2D eigenvalue weighted by molar-refractivity contribution is 5.74. The predicted molar refractivity (Wildman–Crippen MR) is 79.3 cm³/mol. The molecule has 0 radical (unpaired) electrons. The lowest BCUT2D eigenvalue weighted by atomic mass is 9.67. The summed E-state index contributed by atoms with van der Waals surface area (Å²) in [5.74, 6) is -4.30. The zero-order valence-electron chi connectivity index (χ0n) is 13.0. The minimum atomic E-state index is -1.58. The van der Waals surface area contributed by atoms with Crippen LogP contribution >= 0.6 is 0 Å². The Labute approximate surface area is 133 Å². The van der Waals surface area contributed by atoms with E-state index in [1.807, 2.05) is 0 Å². The molecule has 1 saturated carbocycles. The second kappa shape index (κ2) is 7.21. The average molecular weight is 330 g/mol. The van der Waals surface area contributed by atoms with Gasteiger partial charge in [-0.2, -0.15) is 0 Å². The summed E-state index contributed by atoms with van der Waals surface area (Å²) in [5.41, 5.74) is 0.0908. The van der Waals surface area contributed by atoms with E-state index in [0.29, 0.717) is 6.54 Å². The Morgan fingerprint density at radius 3 is 2.35 bits per heavy atom. The summed E-state index contributed by atoms with van der Waals surface area (Å²) in [5, 5.41) is 14.5. The summed E-state index contributed by atoms with van der Waals surface area (Å²) in [4.78, 5) is 11.9. The van der Waals surface area contributed by atoms with Crippen molar-refractivity contribution in [2.45, 2.75) is 38.6 Å². The molecule has 2 amide bonds. The molecule has 1 aromatic carbocycles. The molecule has 4 nitrogen and oxygen atoms in total. The smallest absolute Gasteiger partial charge is 0.315 e. The van der Waals surface area contributed by atoms with E-state index >= 15 is 0 Å². The number of nitrogens with one attached hydrogen (secondary N) is 2. The number of hydrogen-bond acceptors (Lipinski definition) is 2. The van der Waals surface area contributed by atoms with Gasteiger partial charge in [-0.1, -0.05) is 13.3 Å². The Morgan fingerprint density at radius 2 is 1.91 bits per heavy atom. The molecule has 0 heterocycles. The molecular weight excluding hydrogens is 309 g/mol. The molecular formula is C16H21F3N2O2. The van der Waals surface area contributed by atoms with Crippen LogP contribution in [0.15, 0.2) is 12.1 Å². The Kier molecular flexibility index (Phi) is 5.51. The van der Waals surface area contributed by atoms with E-state index in [4.69, 9.17) is 0 Å². The summed E-state index contributed by atoms with van der Waals surface area (Å²) in [6.07, 6.45) is 4.22. The van der Waals surface area contributed by atoms with Gasteiger partial charge in [-0.05, 0) is 42.4 Å². The number of urea groups is 1. The fourth-order valence-corrected chi connectivity index (χ4v) is 2.82. The zero-order valence-corrected chi connectivity index (χ0v) is 13.0. The van der Waals surface area contributed by atoms with Crippen molar-refractivity contribution in [1.82, 2.24) is 10.6 Å². The summed E-state index contributed by atoms with van der Waals surface area (Å²) in [6, 6.07) is -0.0227. The molecule has 1 atom stereocenters. The zero-order chi connectivity index (χ0) is 17.0. The van der Waals surface area contributed by atoms with Crippen LogP contribution < -0.4 is 10.6 Å². The minimum absolute atomic E-state index is 0.0344. The van der Waals surface area contributed by atoms with E-state index in [9.17, 15) is 23.1 Å². The van der Waals surface area contributed by atoms with Crippen LogP contribution in [0.3, 0.4) is 0 Å². The standard InChI is InChI=1S/C16H21F3N2O2/c1-2-16(4-3-5-16)9-20-15(23)21-13(8-22)10-6-11(17)14(19)12(18)7-10/h6-7,13,22H,2-5,8-9H2,1H3,(H2,20,21,23). The van der Waals surface area contributed by atoms with Crippen molar-refractivity contribution in [2.24, 2.45) is 5.41 Å². The van der Waals surface area contributed by atoms with Gasteiger partial charge in [0.2, 0.25) is 0 Å². The third-order valence-electron chi connectivity index (χ3n) is 4.68. The number of aliphatic hydroxyl groups is 1. The van der Waals surface area contributed by atoms with Crippen molar-refractivity contribution < 1.29 is 23.1 Å². The van der Waals surface area contributed by atoms with Crippen molar-refractivity contribution in [3.63, 3.8) is 0 Å². The monoisotopic (exact) mass is 330 g/mol. The van der Waals surface area contributed by atoms with Gasteiger partial charge >= 0.3 is 6.03 Å². The van der Waals surface area contributed by atoms with Crippen molar-refractivity contribution >= 4 is 6.03 Å². The SMILES string of the molecule is CCC1(CNC(=O)NC(CO)c2cc(F)c(F)c(F)c2)CCC1. The predicted octanol–water partition coefficient (Wildman–Crippen LogP) is 3.02. The third-order valence-corrected chi connectivity index (χ3v) is 4.68.